The van der Waals surface area contributed by atoms with Crippen LogP contribution in [-0.4, -0.2) is 39.4 Å². The molecular weight excluding hydrogens is 292 g/mol. The minimum Gasteiger partial charge on any atom is -0.338 e. The van der Waals surface area contributed by atoms with Gasteiger partial charge < -0.3 is 14.8 Å². The monoisotopic (exact) mass is 312 g/mol. The van der Waals surface area contributed by atoms with Crippen LogP contribution in [0.1, 0.15) is 31.4 Å². The third-order valence-electron chi connectivity index (χ3n) is 4.29. The Kier molecular flexibility index (Phi) is 4.41. The Balaban J connectivity index is 1.96. The van der Waals surface area contributed by atoms with Crippen molar-refractivity contribution in [2.24, 2.45) is 0 Å². The smallest absolute Gasteiger partial charge is 0.250 e. The molecule has 1 N–H and O–H groups in total. The largest absolute Gasteiger partial charge is 0.338 e. The molecule has 0 unspecified atom stereocenters. The molecule has 1 aromatic heterocycles. The molecular formula is C17H20N4O2. The van der Waals surface area contributed by atoms with E-state index in [1.807, 2.05) is 35.2 Å². The Morgan fingerprint density at radius 2 is 2.17 bits per heavy atom. The number of rotatable bonds is 5. The number of carbonyl (C=O) groups is 2. The normalized spacial score (nSPS) is 18.7. The van der Waals surface area contributed by atoms with Crippen molar-refractivity contribution in [3.05, 3.63) is 48.4 Å². The molecule has 1 aromatic carbocycles. The van der Waals surface area contributed by atoms with E-state index < -0.39 is 6.04 Å². The molecule has 2 heterocycles. The minimum atomic E-state index is -0.466. The maximum absolute atomic E-state index is 13.1. The van der Waals surface area contributed by atoms with E-state index in [1.165, 1.54) is 0 Å². The molecule has 1 fully saturated rings. The summed E-state index contributed by atoms with van der Waals surface area (Å²) >= 11 is 0. The molecule has 0 aliphatic carbocycles. The van der Waals surface area contributed by atoms with Crippen molar-refractivity contribution in [3.63, 3.8) is 0 Å². The van der Waals surface area contributed by atoms with Crippen LogP contribution in [0, 0.1) is 0 Å². The first-order valence-corrected chi connectivity index (χ1v) is 7.80. The minimum absolute atomic E-state index is 0.0660. The number of hydrogen-bond acceptors (Lipinski definition) is 3. The Morgan fingerprint density at radius 1 is 1.39 bits per heavy atom. The van der Waals surface area contributed by atoms with Gasteiger partial charge in [-0.1, -0.05) is 30.3 Å². The summed E-state index contributed by atoms with van der Waals surface area (Å²) in [5.74, 6) is 0.499. The first-order chi connectivity index (χ1) is 11.2. The first kappa shape index (κ1) is 15.3. The number of amides is 2. The van der Waals surface area contributed by atoms with Crippen LogP contribution < -0.4 is 5.32 Å². The van der Waals surface area contributed by atoms with Crippen LogP contribution >= 0.6 is 0 Å². The first-order valence-electron chi connectivity index (χ1n) is 7.80. The van der Waals surface area contributed by atoms with Crippen LogP contribution in [-0.2, 0) is 9.59 Å². The molecule has 3 rings (SSSR count). The maximum Gasteiger partial charge on any atom is 0.250 e. The number of imidazole rings is 1. The van der Waals surface area contributed by atoms with E-state index in [1.54, 1.807) is 17.1 Å². The fourth-order valence-electron chi connectivity index (χ4n) is 3.11. The Bertz CT molecular complexity index is 683. The summed E-state index contributed by atoms with van der Waals surface area (Å²) < 4.78 is 1.76. The number of likely N-dealkylation sites (tertiary alicyclic amines) is 1. The summed E-state index contributed by atoms with van der Waals surface area (Å²) in [6, 6.07) is 9.44. The molecule has 1 aliphatic rings. The number of hydrogen-bond donors (Lipinski definition) is 1. The highest BCUT2D eigenvalue weighted by molar-refractivity contribution is 5.84. The van der Waals surface area contributed by atoms with E-state index in [4.69, 9.17) is 0 Å². The lowest BCUT2D eigenvalue weighted by Gasteiger charge is -2.27. The number of carbonyl (C=O) groups excluding carboxylic acids is 2. The van der Waals surface area contributed by atoms with E-state index in [-0.39, 0.29) is 11.9 Å². The molecule has 2 aromatic rings. The van der Waals surface area contributed by atoms with Gasteiger partial charge in [-0.15, -0.1) is 0 Å². The highest BCUT2D eigenvalue weighted by atomic mass is 16.2. The third-order valence-corrected chi connectivity index (χ3v) is 4.29. The van der Waals surface area contributed by atoms with Gasteiger partial charge in [-0.3, -0.25) is 9.59 Å². The Morgan fingerprint density at radius 3 is 2.83 bits per heavy atom. The molecule has 2 amide bonds. The van der Waals surface area contributed by atoms with Crippen molar-refractivity contribution in [3.8, 4) is 0 Å². The van der Waals surface area contributed by atoms with Gasteiger partial charge in [-0.2, -0.15) is 0 Å². The SMILES string of the molecule is C[C@@H]1CCCN1C(=O)[C@H](c1ccccc1)n1cnc(NC=O)c1. The van der Waals surface area contributed by atoms with Gasteiger partial charge >= 0.3 is 0 Å². The van der Waals surface area contributed by atoms with Gasteiger partial charge in [0.15, 0.2) is 5.82 Å². The molecule has 1 aliphatic heterocycles. The van der Waals surface area contributed by atoms with Crippen LogP contribution in [0.4, 0.5) is 5.82 Å². The zero-order valence-corrected chi connectivity index (χ0v) is 13.1. The van der Waals surface area contributed by atoms with Crippen LogP contribution in [0.25, 0.3) is 0 Å². The van der Waals surface area contributed by atoms with Crippen LogP contribution in [0.15, 0.2) is 42.9 Å². The van der Waals surface area contributed by atoms with E-state index in [2.05, 4.69) is 17.2 Å². The summed E-state index contributed by atoms with van der Waals surface area (Å²) in [5, 5.41) is 2.51. The molecule has 0 saturated carbocycles. The number of nitrogens with zero attached hydrogens (tertiary/aromatic N) is 3. The van der Waals surface area contributed by atoms with Crippen LogP contribution in [0.3, 0.4) is 0 Å². The number of aromatic nitrogens is 2. The molecule has 120 valence electrons. The summed E-state index contributed by atoms with van der Waals surface area (Å²) in [7, 11) is 0. The van der Waals surface area contributed by atoms with Gasteiger partial charge in [0, 0.05) is 18.8 Å². The fraction of sp³-hybridized carbons (Fsp3) is 0.353. The van der Waals surface area contributed by atoms with Crippen LogP contribution in [0.5, 0.6) is 0 Å². The molecule has 6 heteroatoms. The second-order valence-electron chi connectivity index (χ2n) is 5.80. The summed E-state index contributed by atoms with van der Waals surface area (Å²) in [6.45, 7) is 2.87. The van der Waals surface area contributed by atoms with Gasteiger partial charge in [-0.25, -0.2) is 4.98 Å². The van der Waals surface area contributed by atoms with Crippen molar-refractivity contribution in [1.82, 2.24) is 14.5 Å². The molecule has 0 spiro atoms. The second-order valence-corrected chi connectivity index (χ2v) is 5.80. The van der Waals surface area contributed by atoms with Crippen molar-refractivity contribution in [1.29, 1.82) is 0 Å². The number of benzene rings is 1. The highest BCUT2D eigenvalue weighted by Crippen LogP contribution is 2.26. The molecule has 2 atom stereocenters. The summed E-state index contributed by atoms with van der Waals surface area (Å²) in [5.41, 5.74) is 0.909. The van der Waals surface area contributed by atoms with E-state index in [0.717, 1.165) is 24.9 Å². The molecule has 0 bridgehead atoms. The molecule has 1 saturated heterocycles. The highest BCUT2D eigenvalue weighted by Gasteiger charge is 2.32. The number of nitrogens with one attached hydrogen (secondary N) is 1. The second kappa shape index (κ2) is 6.64. The maximum atomic E-state index is 13.1. The quantitative estimate of drug-likeness (QED) is 0.859. The Hall–Kier alpha value is -2.63. The van der Waals surface area contributed by atoms with Crippen molar-refractivity contribution < 1.29 is 9.59 Å². The molecule has 0 radical (unpaired) electrons. The van der Waals surface area contributed by atoms with Gasteiger partial charge in [0.25, 0.3) is 5.91 Å². The van der Waals surface area contributed by atoms with Crippen LogP contribution in [0.2, 0.25) is 0 Å². The van der Waals surface area contributed by atoms with Gasteiger partial charge in [0.05, 0.1) is 6.33 Å². The lowest BCUT2D eigenvalue weighted by molar-refractivity contribution is -0.134. The summed E-state index contributed by atoms with van der Waals surface area (Å²) in [4.78, 5) is 29.8. The zero-order valence-electron chi connectivity index (χ0n) is 13.1. The standard InChI is InChI=1S/C17H20N4O2/c1-13-6-5-9-21(13)17(23)16(14-7-3-2-4-8-14)20-10-15(18-11-20)19-12-22/h2-4,7-8,10-13,16H,5-6,9H2,1H3,(H,19,22)/t13-,16+/m1/s1. The van der Waals surface area contributed by atoms with Gasteiger partial charge in [-0.05, 0) is 25.3 Å². The van der Waals surface area contributed by atoms with E-state index in [0.29, 0.717) is 12.2 Å². The number of anilines is 1. The van der Waals surface area contributed by atoms with Crippen molar-refractivity contribution in [2.75, 3.05) is 11.9 Å². The summed E-state index contributed by atoms with van der Waals surface area (Å²) in [6.07, 6.45) is 5.92. The lowest BCUT2D eigenvalue weighted by Crippen LogP contribution is -2.39. The van der Waals surface area contributed by atoms with Gasteiger partial charge in [0.2, 0.25) is 6.41 Å². The fourth-order valence-corrected chi connectivity index (χ4v) is 3.11. The molecule has 23 heavy (non-hydrogen) atoms. The average molecular weight is 312 g/mol. The molecule has 6 nitrogen and oxygen atoms in total. The van der Waals surface area contributed by atoms with Gasteiger partial charge in [0.1, 0.15) is 6.04 Å². The van der Waals surface area contributed by atoms with E-state index >= 15 is 0 Å². The Labute approximate surface area is 135 Å². The van der Waals surface area contributed by atoms with Crippen molar-refractivity contribution >= 4 is 18.1 Å². The third kappa shape index (κ3) is 3.11. The topological polar surface area (TPSA) is 67.2 Å². The van der Waals surface area contributed by atoms with Crippen molar-refractivity contribution in [2.45, 2.75) is 31.8 Å². The van der Waals surface area contributed by atoms with E-state index in [9.17, 15) is 9.59 Å². The predicted molar refractivity (Wildman–Crippen MR) is 86.9 cm³/mol. The average Bonchev–Trinajstić information content (AvgIpc) is 3.18. The predicted octanol–water partition coefficient (Wildman–Crippen LogP) is 2.05. The lowest BCUT2D eigenvalue weighted by atomic mass is 10.0. The zero-order chi connectivity index (χ0) is 16.2.